The van der Waals surface area contributed by atoms with Gasteiger partial charge in [0.25, 0.3) is 0 Å². The van der Waals surface area contributed by atoms with Gasteiger partial charge in [0.2, 0.25) is 0 Å². The third-order valence-corrected chi connectivity index (χ3v) is 3.38. The number of rotatable bonds is 7. The average Bonchev–Trinajstić information content (AvgIpc) is 2.94. The summed E-state index contributed by atoms with van der Waals surface area (Å²) in [4.78, 5) is 11.9. The zero-order chi connectivity index (χ0) is 16.7. The van der Waals surface area contributed by atoms with Gasteiger partial charge in [0.1, 0.15) is 5.82 Å². The summed E-state index contributed by atoms with van der Waals surface area (Å²) in [6.45, 7) is 5.32. The molecule has 0 aliphatic heterocycles. The van der Waals surface area contributed by atoms with E-state index in [1.165, 1.54) is 0 Å². The summed E-state index contributed by atoms with van der Waals surface area (Å²) in [6.07, 6.45) is 1.54. The van der Waals surface area contributed by atoms with Gasteiger partial charge in [-0.25, -0.2) is 9.48 Å². The molecular formula is C17H24N4O2. The lowest BCUT2D eigenvalue weighted by Crippen LogP contribution is -2.31. The number of urea groups is 1. The Hall–Kier alpha value is -2.34. The number of hydrogen-bond acceptors (Lipinski definition) is 3. The monoisotopic (exact) mass is 316 g/mol. The van der Waals surface area contributed by atoms with Crippen molar-refractivity contribution in [2.24, 2.45) is 5.92 Å². The highest BCUT2D eigenvalue weighted by Crippen LogP contribution is 2.15. The summed E-state index contributed by atoms with van der Waals surface area (Å²) in [5.41, 5.74) is 0.852. The van der Waals surface area contributed by atoms with E-state index in [0.29, 0.717) is 24.7 Å². The molecule has 1 heterocycles. The summed E-state index contributed by atoms with van der Waals surface area (Å²) < 4.78 is 1.77. The first-order valence-corrected chi connectivity index (χ1v) is 7.86. The van der Waals surface area contributed by atoms with Crippen molar-refractivity contribution in [1.29, 1.82) is 0 Å². The van der Waals surface area contributed by atoms with Crippen LogP contribution in [0.1, 0.15) is 31.9 Å². The van der Waals surface area contributed by atoms with Gasteiger partial charge in [-0.05, 0) is 17.9 Å². The van der Waals surface area contributed by atoms with Crippen molar-refractivity contribution >= 4 is 11.8 Å². The number of nitrogens with zero attached hydrogens (tertiary/aromatic N) is 2. The first-order chi connectivity index (χ1) is 11.1. The number of aromatic nitrogens is 2. The summed E-state index contributed by atoms with van der Waals surface area (Å²) >= 11 is 0. The molecule has 0 fully saturated rings. The Morgan fingerprint density at radius 3 is 2.70 bits per heavy atom. The lowest BCUT2D eigenvalue weighted by molar-refractivity contribution is 0.167. The van der Waals surface area contributed by atoms with Crippen molar-refractivity contribution in [3.63, 3.8) is 0 Å². The summed E-state index contributed by atoms with van der Waals surface area (Å²) in [5.74, 6) is 1.11. The number of hydrogen-bond donors (Lipinski definition) is 3. The van der Waals surface area contributed by atoms with Gasteiger partial charge in [0.15, 0.2) is 0 Å². The van der Waals surface area contributed by atoms with Crippen LogP contribution >= 0.6 is 0 Å². The highest BCUT2D eigenvalue weighted by atomic mass is 16.3. The predicted octanol–water partition coefficient (Wildman–Crippen LogP) is 2.78. The van der Waals surface area contributed by atoms with Crippen molar-refractivity contribution in [2.75, 3.05) is 11.9 Å². The SMILES string of the molecule is CC(C)Cn1nccc1NC(=O)NCCC(O)c1ccccc1. The van der Waals surface area contributed by atoms with E-state index in [-0.39, 0.29) is 6.03 Å². The van der Waals surface area contributed by atoms with Crippen LogP contribution in [0.5, 0.6) is 0 Å². The number of anilines is 1. The molecule has 0 spiro atoms. The van der Waals surface area contributed by atoms with Crippen molar-refractivity contribution in [2.45, 2.75) is 32.9 Å². The van der Waals surface area contributed by atoms with E-state index in [2.05, 4.69) is 29.6 Å². The molecule has 2 rings (SSSR count). The van der Waals surface area contributed by atoms with Gasteiger partial charge >= 0.3 is 6.03 Å². The second-order valence-corrected chi connectivity index (χ2v) is 5.89. The van der Waals surface area contributed by atoms with Crippen molar-refractivity contribution in [3.05, 3.63) is 48.2 Å². The van der Waals surface area contributed by atoms with E-state index in [4.69, 9.17) is 0 Å². The van der Waals surface area contributed by atoms with Crippen molar-refractivity contribution in [1.82, 2.24) is 15.1 Å². The normalized spacial score (nSPS) is 12.2. The molecular weight excluding hydrogens is 292 g/mol. The predicted molar refractivity (Wildman–Crippen MR) is 90.1 cm³/mol. The molecule has 0 bridgehead atoms. The Labute approximate surface area is 136 Å². The van der Waals surface area contributed by atoms with Crippen molar-refractivity contribution < 1.29 is 9.90 Å². The van der Waals surface area contributed by atoms with E-state index in [1.54, 1.807) is 16.9 Å². The third-order valence-electron chi connectivity index (χ3n) is 3.38. The fourth-order valence-electron chi connectivity index (χ4n) is 2.25. The highest BCUT2D eigenvalue weighted by Gasteiger charge is 2.10. The number of aliphatic hydroxyl groups is 1. The van der Waals surface area contributed by atoms with Crippen LogP contribution in [0.4, 0.5) is 10.6 Å². The first kappa shape index (κ1) is 17.0. The number of carbonyl (C=O) groups is 1. The van der Waals surface area contributed by atoms with Gasteiger partial charge in [-0.1, -0.05) is 44.2 Å². The molecule has 1 aromatic heterocycles. The Morgan fingerprint density at radius 2 is 2.00 bits per heavy atom. The van der Waals surface area contributed by atoms with E-state index in [0.717, 1.165) is 12.1 Å². The van der Waals surface area contributed by atoms with Gasteiger partial charge in [-0.15, -0.1) is 0 Å². The largest absolute Gasteiger partial charge is 0.388 e. The van der Waals surface area contributed by atoms with Crippen LogP contribution in [-0.2, 0) is 6.54 Å². The van der Waals surface area contributed by atoms with Gasteiger partial charge < -0.3 is 10.4 Å². The Balaban J connectivity index is 1.76. The molecule has 0 aliphatic carbocycles. The second-order valence-electron chi connectivity index (χ2n) is 5.89. The smallest absolute Gasteiger partial charge is 0.320 e. The van der Waals surface area contributed by atoms with Crippen LogP contribution < -0.4 is 10.6 Å². The first-order valence-electron chi connectivity index (χ1n) is 7.86. The maximum absolute atomic E-state index is 11.9. The van der Waals surface area contributed by atoms with Crippen LogP contribution in [-0.4, -0.2) is 27.5 Å². The minimum Gasteiger partial charge on any atom is -0.388 e. The molecule has 1 aromatic carbocycles. The zero-order valence-corrected chi connectivity index (χ0v) is 13.6. The molecule has 1 atom stereocenters. The lowest BCUT2D eigenvalue weighted by atomic mass is 10.1. The van der Waals surface area contributed by atoms with E-state index >= 15 is 0 Å². The maximum atomic E-state index is 11.9. The van der Waals surface area contributed by atoms with Gasteiger partial charge in [0, 0.05) is 19.2 Å². The minimum absolute atomic E-state index is 0.296. The number of nitrogens with one attached hydrogen (secondary N) is 2. The molecule has 1 unspecified atom stereocenters. The van der Waals surface area contributed by atoms with Crippen LogP contribution in [0, 0.1) is 5.92 Å². The van der Waals surface area contributed by atoms with Gasteiger partial charge in [-0.2, -0.15) is 5.10 Å². The van der Waals surface area contributed by atoms with Crippen molar-refractivity contribution in [3.8, 4) is 0 Å². The van der Waals surface area contributed by atoms with Gasteiger partial charge in [0.05, 0.1) is 12.3 Å². The molecule has 6 nitrogen and oxygen atoms in total. The average molecular weight is 316 g/mol. The Bertz CT molecular complexity index is 610. The number of benzene rings is 1. The standard InChI is InChI=1S/C17H24N4O2/c1-13(2)12-21-16(9-11-19-21)20-17(23)18-10-8-15(22)14-6-4-3-5-7-14/h3-7,9,11,13,15,22H,8,10,12H2,1-2H3,(H2,18,20,23). The highest BCUT2D eigenvalue weighted by molar-refractivity contribution is 5.88. The third kappa shape index (κ3) is 5.41. The second kappa shape index (κ2) is 8.33. The fraction of sp³-hybridized carbons (Fsp3) is 0.412. The quantitative estimate of drug-likeness (QED) is 0.735. The van der Waals surface area contributed by atoms with Crippen LogP contribution in [0.15, 0.2) is 42.6 Å². The molecule has 6 heteroatoms. The Morgan fingerprint density at radius 1 is 1.26 bits per heavy atom. The van der Waals surface area contributed by atoms with Crippen LogP contribution in [0.2, 0.25) is 0 Å². The molecule has 124 valence electrons. The van der Waals surface area contributed by atoms with Gasteiger partial charge in [-0.3, -0.25) is 5.32 Å². The van der Waals surface area contributed by atoms with E-state index in [1.807, 2.05) is 30.3 Å². The minimum atomic E-state index is -0.581. The molecule has 0 saturated heterocycles. The number of aliphatic hydroxyl groups excluding tert-OH is 1. The molecule has 0 saturated carbocycles. The van der Waals surface area contributed by atoms with Crippen LogP contribution in [0.25, 0.3) is 0 Å². The Kier molecular flexibility index (Phi) is 6.17. The zero-order valence-electron chi connectivity index (χ0n) is 13.6. The van der Waals surface area contributed by atoms with Crippen LogP contribution in [0.3, 0.4) is 0 Å². The fourth-order valence-corrected chi connectivity index (χ4v) is 2.25. The maximum Gasteiger partial charge on any atom is 0.320 e. The lowest BCUT2D eigenvalue weighted by Gasteiger charge is -2.13. The number of carbonyl (C=O) groups excluding carboxylic acids is 1. The summed E-state index contributed by atoms with van der Waals surface area (Å²) in [5, 5.41) is 19.8. The van der Waals surface area contributed by atoms with E-state index in [9.17, 15) is 9.90 Å². The summed E-state index contributed by atoms with van der Waals surface area (Å²) in [7, 11) is 0. The van der Waals surface area contributed by atoms with E-state index < -0.39 is 6.10 Å². The molecule has 2 aromatic rings. The molecule has 0 aliphatic rings. The molecule has 3 N–H and O–H groups in total. The topological polar surface area (TPSA) is 79.2 Å². The number of amides is 2. The molecule has 2 amide bonds. The molecule has 23 heavy (non-hydrogen) atoms. The summed E-state index contributed by atoms with van der Waals surface area (Å²) in [6, 6.07) is 10.9. The molecule has 0 radical (unpaired) electrons.